The van der Waals surface area contributed by atoms with Crippen molar-refractivity contribution in [1.82, 2.24) is 5.06 Å². The van der Waals surface area contributed by atoms with E-state index >= 15 is 0 Å². The molecule has 0 radical (unpaired) electrons. The first kappa shape index (κ1) is 22.6. The van der Waals surface area contributed by atoms with Gasteiger partial charge in [-0.05, 0) is 83.4 Å². The minimum absolute atomic E-state index is 0.0351. The molecule has 0 spiro atoms. The predicted octanol–water partition coefficient (Wildman–Crippen LogP) is 5.49. The minimum atomic E-state index is -0.107. The summed E-state index contributed by atoms with van der Waals surface area (Å²) in [5.74, 6) is 0.768. The van der Waals surface area contributed by atoms with Crippen molar-refractivity contribution >= 4 is 17.4 Å². The summed E-state index contributed by atoms with van der Waals surface area (Å²) < 4.78 is 5.30. The number of benzene rings is 2. The molecule has 2 heterocycles. The standard InChI is InChI=1S/C26H35N3O3/c1-25(2)16-9-17-26(3,4)29(25)32-19-22-18-27(20-10-7-6-8-11-20)24(30)28(22)21-12-14-23(31-5)15-13-21/h6-8,10-15,22H,9,16-19H2,1-5H3. The lowest BCUT2D eigenvalue weighted by molar-refractivity contribution is -0.281. The highest BCUT2D eigenvalue weighted by Gasteiger charge is 2.45. The Morgan fingerprint density at radius 2 is 1.53 bits per heavy atom. The lowest BCUT2D eigenvalue weighted by atomic mass is 9.82. The second-order valence-electron chi connectivity index (χ2n) is 10.0. The third kappa shape index (κ3) is 4.34. The van der Waals surface area contributed by atoms with Gasteiger partial charge in [-0.3, -0.25) is 14.6 Å². The van der Waals surface area contributed by atoms with Crippen LogP contribution in [0.3, 0.4) is 0 Å². The maximum Gasteiger partial charge on any atom is 0.329 e. The van der Waals surface area contributed by atoms with E-state index in [1.165, 1.54) is 6.42 Å². The predicted molar refractivity (Wildman–Crippen MR) is 128 cm³/mol. The molecule has 2 fully saturated rings. The van der Waals surface area contributed by atoms with Gasteiger partial charge in [0.25, 0.3) is 0 Å². The molecule has 4 rings (SSSR count). The summed E-state index contributed by atoms with van der Waals surface area (Å²) in [6.45, 7) is 9.98. The average Bonchev–Trinajstić information content (AvgIpc) is 3.09. The first-order valence-electron chi connectivity index (χ1n) is 11.5. The molecule has 2 saturated heterocycles. The van der Waals surface area contributed by atoms with E-state index in [9.17, 15) is 4.79 Å². The van der Waals surface area contributed by atoms with E-state index in [0.29, 0.717) is 13.2 Å². The SMILES string of the molecule is COc1ccc(N2C(=O)N(c3ccccc3)CC2CON2C(C)(C)CCCC2(C)C)cc1. The first-order valence-corrected chi connectivity index (χ1v) is 11.5. The number of amides is 2. The summed E-state index contributed by atoms with van der Waals surface area (Å²) in [7, 11) is 1.64. The van der Waals surface area contributed by atoms with Gasteiger partial charge in [-0.2, -0.15) is 5.06 Å². The lowest BCUT2D eigenvalue weighted by Crippen LogP contribution is -2.59. The zero-order valence-corrected chi connectivity index (χ0v) is 19.9. The Hall–Kier alpha value is -2.57. The summed E-state index contributed by atoms with van der Waals surface area (Å²) in [6.07, 6.45) is 3.39. The van der Waals surface area contributed by atoms with E-state index in [4.69, 9.17) is 9.57 Å². The van der Waals surface area contributed by atoms with E-state index in [-0.39, 0.29) is 23.2 Å². The number of para-hydroxylation sites is 1. The Labute approximate surface area is 191 Å². The van der Waals surface area contributed by atoms with Crippen LogP contribution in [0.1, 0.15) is 47.0 Å². The largest absolute Gasteiger partial charge is 0.497 e. The molecule has 1 atom stereocenters. The van der Waals surface area contributed by atoms with Gasteiger partial charge in [0.15, 0.2) is 0 Å². The van der Waals surface area contributed by atoms with E-state index in [1.54, 1.807) is 7.11 Å². The van der Waals surface area contributed by atoms with Crippen molar-refractivity contribution in [1.29, 1.82) is 0 Å². The molecule has 1 unspecified atom stereocenters. The molecule has 0 aliphatic carbocycles. The van der Waals surface area contributed by atoms with Gasteiger partial charge < -0.3 is 4.74 Å². The van der Waals surface area contributed by atoms with Crippen LogP contribution in [0.25, 0.3) is 0 Å². The molecule has 2 aromatic carbocycles. The quantitative estimate of drug-likeness (QED) is 0.600. The van der Waals surface area contributed by atoms with Crippen molar-refractivity contribution in [2.24, 2.45) is 0 Å². The van der Waals surface area contributed by atoms with E-state index < -0.39 is 0 Å². The molecule has 6 nitrogen and oxygen atoms in total. The van der Waals surface area contributed by atoms with Gasteiger partial charge in [0.1, 0.15) is 5.75 Å². The summed E-state index contributed by atoms with van der Waals surface area (Å²) >= 11 is 0. The highest BCUT2D eigenvalue weighted by atomic mass is 16.7. The number of methoxy groups -OCH3 is 1. The van der Waals surface area contributed by atoms with E-state index in [2.05, 4.69) is 32.8 Å². The highest BCUT2D eigenvalue weighted by molar-refractivity contribution is 6.06. The number of nitrogens with zero attached hydrogens (tertiary/aromatic N) is 3. The smallest absolute Gasteiger partial charge is 0.329 e. The normalized spacial score (nSPS) is 22.9. The number of urea groups is 1. The van der Waals surface area contributed by atoms with Crippen molar-refractivity contribution in [2.75, 3.05) is 30.1 Å². The lowest BCUT2D eigenvalue weighted by Gasteiger charge is -2.51. The molecule has 0 aromatic heterocycles. The van der Waals surface area contributed by atoms with Crippen molar-refractivity contribution in [3.8, 4) is 5.75 Å². The van der Waals surface area contributed by atoms with Crippen molar-refractivity contribution in [3.63, 3.8) is 0 Å². The minimum Gasteiger partial charge on any atom is -0.497 e. The zero-order chi connectivity index (χ0) is 22.9. The van der Waals surface area contributed by atoms with E-state index in [1.807, 2.05) is 64.4 Å². The molecule has 6 heteroatoms. The van der Waals surface area contributed by atoms with Gasteiger partial charge in [-0.1, -0.05) is 18.2 Å². The molecule has 2 aromatic rings. The van der Waals surface area contributed by atoms with Crippen LogP contribution < -0.4 is 14.5 Å². The molecular formula is C26H35N3O3. The number of rotatable bonds is 6. The van der Waals surface area contributed by atoms with Crippen LogP contribution in [0, 0.1) is 0 Å². The van der Waals surface area contributed by atoms with Crippen LogP contribution >= 0.6 is 0 Å². The first-order chi connectivity index (χ1) is 15.2. The monoisotopic (exact) mass is 437 g/mol. The van der Waals surface area contributed by atoms with Crippen LogP contribution in [0.5, 0.6) is 5.75 Å². The van der Waals surface area contributed by atoms with Crippen LogP contribution in [0.2, 0.25) is 0 Å². The Morgan fingerprint density at radius 3 is 2.12 bits per heavy atom. The van der Waals surface area contributed by atoms with Gasteiger partial charge in [0.2, 0.25) is 0 Å². The van der Waals surface area contributed by atoms with Crippen LogP contribution in [-0.4, -0.2) is 48.5 Å². The molecule has 2 amide bonds. The number of ether oxygens (including phenoxy) is 1. The van der Waals surface area contributed by atoms with Crippen LogP contribution in [0.15, 0.2) is 54.6 Å². The fourth-order valence-corrected chi connectivity index (χ4v) is 5.16. The number of hydrogen-bond acceptors (Lipinski definition) is 4. The van der Waals surface area contributed by atoms with Gasteiger partial charge in [-0.25, -0.2) is 4.79 Å². The van der Waals surface area contributed by atoms with E-state index in [0.717, 1.165) is 30.0 Å². The van der Waals surface area contributed by atoms with Gasteiger partial charge >= 0.3 is 6.03 Å². The number of anilines is 2. The highest BCUT2D eigenvalue weighted by Crippen LogP contribution is 2.39. The number of carbonyl (C=O) groups is 1. The fraction of sp³-hybridized carbons (Fsp3) is 0.500. The number of carbonyl (C=O) groups excluding carboxylic acids is 1. The average molecular weight is 438 g/mol. The summed E-state index contributed by atoms with van der Waals surface area (Å²) in [6, 6.07) is 17.4. The molecule has 0 N–H and O–H groups in total. The second-order valence-corrected chi connectivity index (χ2v) is 10.0. The summed E-state index contributed by atoms with van der Waals surface area (Å²) in [5.41, 5.74) is 1.65. The molecule has 172 valence electrons. The third-order valence-electron chi connectivity index (χ3n) is 6.69. The molecule has 32 heavy (non-hydrogen) atoms. The van der Waals surface area contributed by atoms with Gasteiger partial charge in [-0.15, -0.1) is 0 Å². The number of hydrogen-bond donors (Lipinski definition) is 0. The summed E-state index contributed by atoms with van der Waals surface area (Å²) in [5, 5.41) is 2.17. The Kier molecular flexibility index (Phi) is 6.19. The van der Waals surface area contributed by atoms with Crippen molar-refractivity contribution in [2.45, 2.75) is 64.1 Å². The van der Waals surface area contributed by atoms with Gasteiger partial charge in [0, 0.05) is 22.5 Å². The molecule has 2 aliphatic rings. The molecule has 2 aliphatic heterocycles. The summed E-state index contributed by atoms with van der Waals surface area (Å²) in [4.78, 5) is 23.7. The number of piperidine rings is 1. The molecule has 0 bridgehead atoms. The van der Waals surface area contributed by atoms with Crippen LogP contribution in [-0.2, 0) is 4.84 Å². The maximum atomic E-state index is 13.5. The Bertz CT molecular complexity index is 911. The van der Waals surface area contributed by atoms with Gasteiger partial charge in [0.05, 0.1) is 26.3 Å². The maximum absolute atomic E-state index is 13.5. The second kappa shape index (κ2) is 8.75. The molecule has 0 saturated carbocycles. The van der Waals surface area contributed by atoms with Crippen LogP contribution in [0.4, 0.5) is 16.2 Å². The van der Waals surface area contributed by atoms with Crippen molar-refractivity contribution in [3.05, 3.63) is 54.6 Å². The topological polar surface area (TPSA) is 45.3 Å². The Morgan fingerprint density at radius 1 is 0.906 bits per heavy atom. The number of hydroxylamine groups is 2. The Balaban J connectivity index is 1.60. The zero-order valence-electron chi connectivity index (χ0n) is 19.9. The molecular weight excluding hydrogens is 402 g/mol. The third-order valence-corrected chi connectivity index (χ3v) is 6.69. The van der Waals surface area contributed by atoms with Crippen molar-refractivity contribution < 1.29 is 14.4 Å². The fourth-order valence-electron chi connectivity index (χ4n) is 5.16.